The lowest BCUT2D eigenvalue weighted by Crippen LogP contribution is -2.34. The quantitative estimate of drug-likeness (QED) is 0.897. The van der Waals surface area contributed by atoms with Gasteiger partial charge in [-0.1, -0.05) is 26.0 Å². The minimum absolute atomic E-state index is 0.144. The SMILES string of the molecule is CCN(CC)[C@@H](C(=O)O)c1cccc(C(F)(F)F)c1. The van der Waals surface area contributed by atoms with E-state index in [1.54, 1.807) is 18.7 Å². The molecule has 1 atom stereocenters. The van der Waals surface area contributed by atoms with Crippen molar-refractivity contribution in [2.75, 3.05) is 13.1 Å². The Hall–Kier alpha value is -1.56. The standard InChI is InChI=1S/C13H16F3NO2/c1-3-17(4-2)11(12(18)19)9-6-5-7-10(8-9)13(14,15)16/h5-8,11H,3-4H2,1-2H3,(H,18,19)/t11-/m1/s1. The van der Waals surface area contributed by atoms with Crippen molar-refractivity contribution in [3.63, 3.8) is 0 Å². The Kier molecular flexibility index (Phi) is 4.94. The molecule has 0 amide bonds. The first-order chi connectivity index (χ1) is 8.81. The van der Waals surface area contributed by atoms with Gasteiger partial charge in [-0.25, -0.2) is 0 Å². The summed E-state index contributed by atoms with van der Waals surface area (Å²) in [5, 5.41) is 9.23. The highest BCUT2D eigenvalue weighted by molar-refractivity contribution is 5.75. The molecule has 1 aromatic rings. The van der Waals surface area contributed by atoms with Crippen molar-refractivity contribution >= 4 is 5.97 Å². The molecule has 0 spiro atoms. The number of hydrogen-bond acceptors (Lipinski definition) is 2. The van der Waals surface area contributed by atoms with Crippen LogP contribution in [-0.2, 0) is 11.0 Å². The Morgan fingerprint density at radius 2 is 1.89 bits per heavy atom. The van der Waals surface area contributed by atoms with Crippen molar-refractivity contribution in [2.45, 2.75) is 26.1 Å². The van der Waals surface area contributed by atoms with Crippen molar-refractivity contribution in [1.82, 2.24) is 4.90 Å². The summed E-state index contributed by atoms with van der Waals surface area (Å²) in [5.41, 5.74) is -0.686. The summed E-state index contributed by atoms with van der Waals surface area (Å²) < 4.78 is 37.9. The number of aliphatic carboxylic acids is 1. The molecule has 0 saturated carbocycles. The molecule has 0 aromatic heterocycles. The molecule has 0 aliphatic carbocycles. The van der Waals surface area contributed by atoms with Crippen LogP contribution in [0.2, 0.25) is 0 Å². The molecule has 0 radical (unpaired) electrons. The zero-order chi connectivity index (χ0) is 14.6. The van der Waals surface area contributed by atoms with Crippen LogP contribution >= 0.6 is 0 Å². The van der Waals surface area contributed by atoms with Crippen LogP contribution in [0.4, 0.5) is 13.2 Å². The van der Waals surface area contributed by atoms with E-state index in [-0.39, 0.29) is 5.56 Å². The van der Waals surface area contributed by atoms with Crippen LogP contribution in [0.1, 0.15) is 31.0 Å². The van der Waals surface area contributed by atoms with Gasteiger partial charge in [0.2, 0.25) is 0 Å². The number of rotatable bonds is 5. The third kappa shape index (κ3) is 3.70. The summed E-state index contributed by atoms with van der Waals surface area (Å²) in [6.45, 7) is 4.44. The van der Waals surface area contributed by atoms with Crippen LogP contribution in [0.5, 0.6) is 0 Å². The van der Waals surface area contributed by atoms with Crippen LogP contribution in [0.25, 0.3) is 0 Å². The van der Waals surface area contributed by atoms with Gasteiger partial charge in [-0.2, -0.15) is 13.2 Å². The van der Waals surface area contributed by atoms with E-state index in [2.05, 4.69) is 0 Å². The predicted molar refractivity (Wildman–Crippen MR) is 64.7 cm³/mol. The summed E-state index contributed by atoms with van der Waals surface area (Å²) in [6.07, 6.45) is -4.47. The number of halogens is 3. The fraction of sp³-hybridized carbons (Fsp3) is 0.462. The Morgan fingerprint density at radius 1 is 1.32 bits per heavy atom. The van der Waals surface area contributed by atoms with Gasteiger partial charge in [0.05, 0.1) is 5.56 Å². The summed E-state index contributed by atoms with van der Waals surface area (Å²) >= 11 is 0. The van der Waals surface area contributed by atoms with E-state index < -0.39 is 23.8 Å². The Bertz CT molecular complexity index is 442. The third-order valence-electron chi connectivity index (χ3n) is 2.94. The van der Waals surface area contributed by atoms with E-state index in [9.17, 15) is 23.1 Å². The minimum atomic E-state index is -4.47. The number of carboxylic acid groups (broad SMARTS) is 1. The van der Waals surface area contributed by atoms with Gasteiger partial charge in [0, 0.05) is 0 Å². The topological polar surface area (TPSA) is 40.5 Å². The molecule has 0 heterocycles. The molecule has 1 N–H and O–H groups in total. The van der Waals surface area contributed by atoms with Crippen molar-refractivity contribution in [3.05, 3.63) is 35.4 Å². The normalized spacial score (nSPS) is 13.6. The number of alkyl halides is 3. The average Bonchev–Trinajstić information content (AvgIpc) is 2.34. The molecule has 6 heteroatoms. The van der Waals surface area contributed by atoms with E-state index in [0.29, 0.717) is 13.1 Å². The molecule has 0 aliphatic heterocycles. The second-order valence-corrected chi connectivity index (χ2v) is 4.09. The van der Waals surface area contributed by atoms with E-state index in [4.69, 9.17) is 0 Å². The molecule has 106 valence electrons. The van der Waals surface area contributed by atoms with Gasteiger partial charge < -0.3 is 5.11 Å². The molecule has 1 aromatic carbocycles. The molecule has 0 fully saturated rings. The van der Waals surface area contributed by atoms with Crippen LogP contribution in [0.15, 0.2) is 24.3 Å². The fourth-order valence-corrected chi connectivity index (χ4v) is 1.98. The summed E-state index contributed by atoms with van der Waals surface area (Å²) in [6, 6.07) is 3.42. The molecule has 0 saturated heterocycles. The van der Waals surface area contributed by atoms with Crippen LogP contribution < -0.4 is 0 Å². The van der Waals surface area contributed by atoms with Gasteiger partial charge in [0.25, 0.3) is 0 Å². The van der Waals surface area contributed by atoms with E-state index >= 15 is 0 Å². The summed E-state index contributed by atoms with van der Waals surface area (Å²) in [4.78, 5) is 12.9. The zero-order valence-corrected chi connectivity index (χ0v) is 10.7. The summed E-state index contributed by atoms with van der Waals surface area (Å²) in [7, 11) is 0. The average molecular weight is 275 g/mol. The molecule has 3 nitrogen and oxygen atoms in total. The van der Waals surface area contributed by atoms with Gasteiger partial charge in [0.15, 0.2) is 0 Å². The van der Waals surface area contributed by atoms with Crippen molar-refractivity contribution in [2.24, 2.45) is 0 Å². The van der Waals surface area contributed by atoms with Crippen molar-refractivity contribution in [1.29, 1.82) is 0 Å². The highest BCUT2D eigenvalue weighted by Gasteiger charge is 2.32. The fourth-order valence-electron chi connectivity index (χ4n) is 1.98. The van der Waals surface area contributed by atoms with Crippen LogP contribution in [0.3, 0.4) is 0 Å². The minimum Gasteiger partial charge on any atom is -0.480 e. The summed E-state index contributed by atoms with van der Waals surface area (Å²) in [5.74, 6) is -1.15. The first-order valence-corrected chi connectivity index (χ1v) is 5.95. The lowest BCUT2D eigenvalue weighted by molar-refractivity contribution is -0.144. The van der Waals surface area contributed by atoms with E-state index in [1.807, 2.05) is 0 Å². The van der Waals surface area contributed by atoms with Gasteiger partial charge in [-0.05, 0) is 30.8 Å². The molecule has 1 rings (SSSR count). The second-order valence-electron chi connectivity index (χ2n) is 4.09. The van der Waals surface area contributed by atoms with Crippen LogP contribution in [0, 0.1) is 0 Å². The predicted octanol–water partition coefficient (Wildman–Crippen LogP) is 3.17. The zero-order valence-electron chi connectivity index (χ0n) is 10.7. The molecular weight excluding hydrogens is 259 g/mol. The molecule has 0 bridgehead atoms. The lowest BCUT2D eigenvalue weighted by Gasteiger charge is -2.26. The number of hydrogen-bond donors (Lipinski definition) is 1. The van der Waals surface area contributed by atoms with Gasteiger partial charge in [-0.15, -0.1) is 0 Å². The van der Waals surface area contributed by atoms with Gasteiger partial charge in [-0.3, -0.25) is 9.69 Å². The number of benzene rings is 1. The van der Waals surface area contributed by atoms with E-state index in [1.165, 1.54) is 12.1 Å². The molecule has 0 unspecified atom stereocenters. The third-order valence-corrected chi connectivity index (χ3v) is 2.94. The van der Waals surface area contributed by atoms with Crippen LogP contribution in [-0.4, -0.2) is 29.1 Å². The second kappa shape index (κ2) is 6.06. The first-order valence-electron chi connectivity index (χ1n) is 5.95. The number of carboxylic acids is 1. The smallest absolute Gasteiger partial charge is 0.416 e. The van der Waals surface area contributed by atoms with Gasteiger partial charge >= 0.3 is 12.1 Å². The first kappa shape index (κ1) is 15.5. The number of likely N-dealkylation sites (N-methyl/N-ethyl adjacent to an activating group) is 1. The van der Waals surface area contributed by atoms with E-state index in [0.717, 1.165) is 12.1 Å². The lowest BCUT2D eigenvalue weighted by atomic mass is 10.0. The monoisotopic (exact) mass is 275 g/mol. The maximum Gasteiger partial charge on any atom is 0.416 e. The van der Waals surface area contributed by atoms with Crippen molar-refractivity contribution in [3.8, 4) is 0 Å². The molecule has 19 heavy (non-hydrogen) atoms. The largest absolute Gasteiger partial charge is 0.480 e. The molecule has 0 aliphatic rings. The highest BCUT2D eigenvalue weighted by Crippen LogP contribution is 2.32. The Morgan fingerprint density at radius 3 is 2.32 bits per heavy atom. The maximum atomic E-state index is 12.6. The Balaban J connectivity index is 3.21. The highest BCUT2D eigenvalue weighted by atomic mass is 19.4. The van der Waals surface area contributed by atoms with Crippen molar-refractivity contribution < 1.29 is 23.1 Å². The number of nitrogens with zero attached hydrogens (tertiary/aromatic N) is 1. The number of carbonyl (C=O) groups is 1. The maximum absolute atomic E-state index is 12.6. The Labute approximate surface area is 109 Å². The van der Waals surface area contributed by atoms with Gasteiger partial charge in [0.1, 0.15) is 6.04 Å². The molecular formula is C13H16F3NO2.